The lowest BCUT2D eigenvalue weighted by Gasteiger charge is -2.17. The third kappa shape index (κ3) is 4.08. The predicted molar refractivity (Wildman–Crippen MR) is 192 cm³/mol. The minimum absolute atomic E-state index is 0.505. The maximum absolute atomic E-state index is 8.31. The third-order valence-electron chi connectivity index (χ3n) is 9.01. The summed E-state index contributed by atoms with van der Waals surface area (Å²) >= 11 is 0. The van der Waals surface area contributed by atoms with Crippen LogP contribution in [0, 0.1) is 5.41 Å². The van der Waals surface area contributed by atoms with Crippen LogP contribution < -0.4 is 5.32 Å². The van der Waals surface area contributed by atoms with Crippen molar-refractivity contribution < 1.29 is 0 Å². The van der Waals surface area contributed by atoms with Crippen LogP contribution in [0.2, 0.25) is 0 Å². The molecule has 0 amide bonds. The molecule has 9 rings (SSSR count). The van der Waals surface area contributed by atoms with E-state index in [0.717, 1.165) is 55.6 Å². The maximum Gasteiger partial charge on any atom is 0.0788 e. The molecule has 1 aliphatic heterocycles. The quantitative estimate of drug-likeness (QED) is 0.202. The summed E-state index contributed by atoms with van der Waals surface area (Å²) < 4.78 is 2.42. The first kappa shape index (κ1) is 26.2. The zero-order chi connectivity index (χ0) is 30.6. The van der Waals surface area contributed by atoms with Gasteiger partial charge in [0.25, 0.3) is 0 Å². The van der Waals surface area contributed by atoms with Gasteiger partial charge in [-0.3, -0.25) is 0 Å². The highest BCUT2D eigenvalue weighted by molar-refractivity contribution is 6.26. The molecular formula is C42H28N4. The van der Waals surface area contributed by atoms with Crippen LogP contribution in [0.1, 0.15) is 5.56 Å². The zero-order valence-electron chi connectivity index (χ0n) is 24.9. The molecule has 1 aliphatic carbocycles. The Labute approximate surface area is 266 Å². The number of hydrogen-bond donors (Lipinski definition) is 2. The van der Waals surface area contributed by atoms with Gasteiger partial charge in [0.05, 0.1) is 28.0 Å². The van der Waals surface area contributed by atoms with E-state index in [9.17, 15) is 0 Å². The highest BCUT2D eigenvalue weighted by Crippen LogP contribution is 2.42. The fourth-order valence-electron chi connectivity index (χ4n) is 6.89. The Bertz CT molecular complexity index is 2560. The van der Waals surface area contributed by atoms with Gasteiger partial charge in [-0.05, 0) is 47.6 Å². The van der Waals surface area contributed by atoms with E-state index in [-0.39, 0.29) is 0 Å². The first-order chi connectivity index (χ1) is 22.7. The van der Waals surface area contributed by atoms with Gasteiger partial charge in [0.15, 0.2) is 0 Å². The lowest BCUT2D eigenvalue weighted by Crippen LogP contribution is -2.14. The van der Waals surface area contributed by atoms with Crippen LogP contribution in [0.4, 0.5) is 0 Å². The first-order valence-electron chi connectivity index (χ1n) is 15.5. The van der Waals surface area contributed by atoms with Crippen molar-refractivity contribution in [1.29, 1.82) is 5.41 Å². The molecule has 0 atom stereocenters. The Balaban J connectivity index is 1.29. The van der Waals surface area contributed by atoms with Crippen LogP contribution in [0.5, 0.6) is 0 Å². The van der Waals surface area contributed by atoms with Crippen LogP contribution in [0.15, 0.2) is 169 Å². The number of pyridine rings is 1. The number of fused-ring (bicyclic) bond motifs is 7. The van der Waals surface area contributed by atoms with Crippen molar-refractivity contribution in [3.8, 4) is 16.9 Å². The largest absolute Gasteiger partial charge is 0.361 e. The molecule has 0 fully saturated rings. The molecule has 2 N–H and O–H groups in total. The Kier molecular flexibility index (Phi) is 5.93. The van der Waals surface area contributed by atoms with E-state index in [2.05, 4.69) is 137 Å². The molecule has 4 heteroatoms. The highest BCUT2D eigenvalue weighted by atomic mass is 15.0. The SMILES string of the molecule is N=C1C=CC=C/C1=C1\C=CC(c2cccc(-n3c4ccccc4c4ccc5c(-c6ccccc6)nc6ccccc6c5c43)c2)=CN1. The zero-order valence-corrected chi connectivity index (χ0v) is 24.9. The number of para-hydroxylation sites is 2. The van der Waals surface area contributed by atoms with Gasteiger partial charge in [-0.2, -0.15) is 0 Å². The minimum Gasteiger partial charge on any atom is -0.361 e. The van der Waals surface area contributed by atoms with E-state index in [1.165, 1.54) is 27.2 Å². The number of aromatic nitrogens is 2. The third-order valence-corrected chi connectivity index (χ3v) is 9.01. The van der Waals surface area contributed by atoms with Gasteiger partial charge in [-0.15, -0.1) is 0 Å². The van der Waals surface area contributed by atoms with Crippen molar-refractivity contribution in [3.05, 3.63) is 175 Å². The molecule has 0 saturated heterocycles. The van der Waals surface area contributed by atoms with E-state index in [0.29, 0.717) is 5.71 Å². The van der Waals surface area contributed by atoms with Gasteiger partial charge in [-0.1, -0.05) is 115 Å². The summed E-state index contributed by atoms with van der Waals surface area (Å²) in [4.78, 5) is 5.20. The molecule has 5 aromatic carbocycles. The Morgan fingerprint density at radius 3 is 2.22 bits per heavy atom. The van der Waals surface area contributed by atoms with Crippen LogP contribution in [0.25, 0.3) is 66.0 Å². The fraction of sp³-hybridized carbons (Fsp3) is 0. The van der Waals surface area contributed by atoms with Crippen molar-refractivity contribution in [3.63, 3.8) is 0 Å². The summed E-state index contributed by atoms with van der Waals surface area (Å²) in [6.07, 6.45) is 13.9. The molecule has 0 saturated carbocycles. The topological polar surface area (TPSA) is 53.7 Å². The van der Waals surface area contributed by atoms with Gasteiger partial charge < -0.3 is 15.3 Å². The predicted octanol–water partition coefficient (Wildman–Crippen LogP) is 10.1. The maximum atomic E-state index is 8.31. The summed E-state index contributed by atoms with van der Waals surface area (Å²) in [6, 6.07) is 41.0. The molecule has 0 unspecified atom stereocenters. The van der Waals surface area contributed by atoms with Crippen LogP contribution in [-0.4, -0.2) is 15.3 Å². The van der Waals surface area contributed by atoms with Gasteiger partial charge >= 0.3 is 0 Å². The van der Waals surface area contributed by atoms with E-state index >= 15 is 0 Å². The number of nitrogens with one attached hydrogen (secondary N) is 2. The fourth-order valence-corrected chi connectivity index (χ4v) is 6.89. The van der Waals surface area contributed by atoms with Gasteiger partial charge in [0.1, 0.15) is 0 Å². The van der Waals surface area contributed by atoms with Crippen molar-refractivity contribution in [2.75, 3.05) is 0 Å². The second-order valence-corrected chi connectivity index (χ2v) is 11.7. The number of rotatable bonds is 3. The van der Waals surface area contributed by atoms with Crippen molar-refractivity contribution >= 4 is 54.8 Å². The molecule has 46 heavy (non-hydrogen) atoms. The number of allylic oxidation sites excluding steroid dienone is 8. The monoisotopic (exact) mass is 588 g/mol. The lowest BCUT2D eigenvalue weighted by atomic mass is 9.97. The van der Waals surface area contributed by atoms with E-state index in [1.807, 2.05) is 30.5 Å². The van der Waals surface area contributed by atoms with Gasteiger partial charge in [0.2, 0.25) is 0 Å². The lowest BCUT2D eigenvalue weighted by molar-refractivity contribution is 1.09. The Morgan fingerprint density at radius 1 is 0.609 bits per heavy atom. The Morgan fingerprint density at radius 2 is 1.37 bits per heavy atom. The molecule has 0 spiro atoms. The smallest absolute Gasteiger partial charge is 0.0788 e. The molecule has 0 radical (unpaired) electrons. The van der Waals surface area contributed by atoms with Crippen molar-refractivity contribution in [2.24, 2.45) is 0 Å². The highest BCUT2D eigenvalue weighted by Gasteiger charge is 2.20. The summed E-state index contributed by atoms with van der Waals surface area (Å²) in [6.45, 7) is 0. The van der Waals surface area contributed by atoms with E-state index in [1.54, 1.807) is 0 Å². The molecule has 2 aliphatic rings. The first-order valence-corrected chi connectivity index (χ1v) is 15.5. The van der Waals surface area contributed by atoms with Gasteiger partial charge in [-0.25, -0.2) is 4.98 Å². The normalized spacial score (nSPS) is 16.1. The number of nitrogens with zero attached hydrogens (tertiary/aromatic N) is 2. The number of benzene rings is 5. The average Bonchev–Trinajstić information content (AvgIpc) is 3.46. The average molecular weight is 589 g/mol. The molecule has 216 valence electrons. The molecule has 2 aromatic heterocycles. The second-order valence-electron chi connectivity index (χ2n) is 11.7. The number of hydrogen-bond acceptors (Lipinski definition) is 3. The van der Waals surface area contributed by atoms with Crippen molar-refractivity contribution in [1.82, 2.24) is 14.9 Å². The summed E-state index contributed by atoms with van der Waals surface area (Å²) in [7, 11) is 0. The molecule has 3 heterocycles. The summed E-state index contributed by atoms with van der Waals surface area (Å²) in [5.41, 5.74) is 11.0. The van der Waals surface area contributed by atoms with E-state index < -0.39 is 0 Å². The minimum atomic E-state index is 0.505. The van der Waals surface area contributed by atoms with E-state index in [4.69, 9.17) is 10.4 Å². The molecule has 7 aromatic rings. The van der Waals surface area contributed by atoms with Crippen LogP contribution in [0.3, 0.4) is 0 Å². The second kappa shape index (κ2) is 10.4. The van der Waals surface area contributed by atoms with Crippen molar-refractivity contribution in [2.45, 2.75) is 0 Å². The van der Waals surface area contributed by atoms with Crippen LogP contribution >= 0.6 is 0 Å². The van der Waals surface area contributed by atoms with Crippen LogP contribution in [-0.2, 0) is 0 Å². The molecule has 0 bridgehead atoms. The summed E-state index contributed by atoms with van der Waals surface area (Å²) in [5.74, 6) is 0. The summed E-state index contributed by atoms with van der Waals surface area (Å²) in [5, 5.41) is 17.7. The molecular weight excluding hydrogens is 560 g/mol. The van der Waals surface area contributed by atoms with Gasteiger partial charge in [0, 0.05) is 55.7 Å². The number of dihydropyridines is 1. The molecule has 4 nitrogen and oxygen atoms in total. The standard InChI is InChI=1S/C42H28N4/c43-36-18-7-4-16-33(36)37-24-21-29(26-44-37)28-13-10-14-30(25-28)46-39-20-9-6-15-31(39)32-22-23-35-40(42(32)46)34-17-5-8-19-38(34)45-41(35)27-11-2-1-3-12-27/h1-26,43-44H/b37-33-,43-36?. The Hall–Kier alpha value is -6.26.